The Morgan fingerprint density at radius 3 is 2.65 bits per heavy atom. The van der Waals surface area contributed by atoms with Crippen molar-refractivity contribution >= 4 is 17.3 Å². The predicted octanol–water partition coefficient (Wildman–Crippen LogP) is 2.22. The van der Waals surface area contributed by atoms with Crippen LogP contribution in [0.25, 0.3) is 0 Å². The fourth-order valence-corrected chi connectivity index (χ4v) is 3.67. The van der Waals surface area contributed by atoms with Gasteiger partial charge in [-0.25, -0.2) is 4.99 Å². The number of aryl methyl sites for hydroxylation is 1. The van der Waals surface area contributed by atoms with E-state index in [4.69, 9.17) is 9.73 Å². The number of nitrogens with zero attached hydrogens (tertiary/aromatic N) is 2. The number of guanidine groups is 1. The molecule has 1 aromatic rings. The highest BCUT2D eigenvalue weighted by Gasteiger charge is 2.34. The van der Waals surface area contributed by atoms with Crippen molar-refractivity contribution in [3.63, 3.8) is 0 Å². The van der Waals surface area contributed by atoms with Crippen LogP contribution in [0.15, 0.2) is 16.4 Å². The molecule has 0 radical (unpaired) electrons. The SMILES string of the molecule is CCNC(=NCc1sccc1C)NCC1(N(C)C)CCOCC1. The molecule has 1 saturated heterocycles. The summed E-state index contributed by atoms with van der Waals surface area (Å²) in [5, 5.41) is 9.02. The molecule has 6 heteroatoms. The largest absolute Gasteiger partial charge is 0.381 e. The van der Waals surface area contributed by atoms with Crippen LogP contribution in [-0.2, 0) is 11.3 Å². The van der Waals surface area contributed by atoms with E-state index in [1.54, 1.807) is 11.3 Å². The molecule has 0 amide bonds. The van der Waals surface area contributed by atoms with E-state index in [0.29, 0.717) is 0 Å². The Bertz CT molecular complexity index is 506. The Balaban J connectivity index is 1.99. The van der Waals surface area contributed by atoms with Gasteiger partial charge in [0.05, 0.1) is 6.54 Å². The molecule has 0 aliphatic carbocycles. The molecule has 130 valence electrons. The first-order chi connectivity index (χ1) is 11.1. The van der Waals surface area contributed by atoms with Crippen LogP contribution in [0, 0.1) is 6.92 Å². The first-order valence-electron chi connectivity index (χ1n) is 8.38. The summed E-state index contributed by atoms with van der Waals surface area (Å²) in [5.74, 6) is 0.896. The predicted molar refractivity (Wildman–Crippen MR) is 98.3 cm³/mol. The van der Waals surface area contributed by atoms with Gasteiger partial charge in [-0.3, -0.25) is 0 Å². The summed E-state index contributed by atoms with van der Waals surface area (Å²) in [6.07, 6.45) is 2.10. The molecule has 1 aliphatic heterocycles. The lowest BCUT2D eigenvalue weighted by Gasteiger charge is -2.43. The molecule has 0 atom stereocenters. The fourth-order valence-electron chi connectivity index (χ4n) is 2.84. The van der Waals surface area contributed by atoms with Gasteiger partial charge in [-0.15, -0.1) is 11.3 Å². The molecular formula is C17H30N4OS. The highest BCUT2D eigenvalue weighted by atomic mass is 32.1. The standard InChI is InChI=1S/C17H30N4OS/c1-5-18-16(19-12-15-14(2)6-11-23-15)20-13-17(21(3)4)7-9-22-10-8-17/h6,11H,5,7-10,12-13H2,1-4H3,(H2,18,19,20). The van der Waals surface area contributed by atoms with Crippen molar-refractivity contribution < 1.29 is 4.74 Å². The molecule has 2 N–H and O–H groups in total. The lowest BCUT2D eigenvalue weighted by atomic mass is 9.88. The maximum Gasteiger partial charge on any atom is 0.191 e. The van der Waals surface area contributed by atoms with E-state index < -0.39 is 0 Å². The highest BCUT2D eigenvalue weighted by Crippen LogP contribution is 2.25. The zero-order valence-electron chi connectivity index (χ0n) is 14.8. The van der Waals surface area contributed by atoms with Crippen molar-refractivity contribution in [2.75, 3.05) is 40.4 Å². The van der Waals surface area contributed by atoms with Gasteiger partial charge >= 0.3 is 0 Å². The summed E-state index contributed by atoms with van der Waals surface area (Å²) in [4.78, 5) is 8.40. The highest BCUT2D eigenvalue weighted by molar-refractivity contribution is 7.10. The number of likely N-dealkylation sites (N-methyl/N-ethyl adjacent to an activating group) is 1. The molecule has 5 nitrogen and oxygen atoms in total. The van der Waals surface area contributed by atoms with Crippen LogP contribution in [0.5, 0.6) is 0 Å². The van der Waals surface area contributed by atoms with Gasteiger partial charge in [-0.2, -0.15) is 0 Å². The Hall–Kier alpha value is -1.11. The van der Waals surface area contributed by atoms with Crippen LogP contribution in [0.2, 0.25) is 0 Å². The number of ether oxygens (including phenoxy) is 1. The van der Waals surface area contributed by atoms with Crippen LogP contribution in [0.3, 0.4) is 0 Å². The number of hydrogen-bond acceptors (Lipinski definition) is 4. The van der Waals surface area contributed by atoms with Crippen LogP contribution in [-0.4, -0.2) is 56.8 Å². The van der Waals surface area contributed by atoms with E-state index in [1.807, 2.05) is 0 Å². The van der Waals surface area contributed by atoms with Crippen molar-refractivity contribution in [1.82, 2.24) is 15.5 Å². The normalized spacial score (nSPS) is 18.2. The molecule has 0 aromatic carbocycles. The summed E-state index contributed by atoms with van der Waals surface area (Å²) < 4.78 is 5.54. The zero-order chi connectivity index (χ0) is 16.7. The Kier molecular flexibility index (Phi) is 6.87. The molecule has 1 aromatic heterocycles. The monoisotopic (exact) mass is 338 g/mol. The Labute approximate surface area is 144 Å². The molecule has 1 aliphatic rings. The summed E-state index contributed by atoms with van der Waals surface area (Å²) in [5.41, 5.74) is 1.47. The van der Waals surface area contributed by atoms with E-state index in [1.165, 1.54) is 10.4 Å². The second kappa shape index (κ2) is 8.66. The number of nitrogens with one attached hydrogen (secondary N) is 2. The molecule has 0 saturated carbocycles. The number of thiophene rings is 1. The van der Waals surface area contributed by atoms with Crippen LogP contribution < -0.4 is 10.6 Å². The Morgan fingerprint density at radius 2 is 2.09 bits per heavy atom. The number of aliphatic imine (C=N–C) groups is 1. The second-order valence-electron chi connectivity index (χ2n) is 6.31. The van der Waals surface area contributed by atoms with Crippen molar-refractivity contribution in [1.29, 1.82) is 0 Å². The maximum absolute atomic E-state index is 5.54. The molecule has 0 spiro atoms. The quantitative estimate of drug-likeness (QED) is 0.617. The van der Waals surface area contributed by atoms with E-state index in [2.05, 4.69) is 54.9 Å². The summed E-state index contributed by atoms with van der Waals surface area (Å²) in [6.45, 7) is 8.40. The molecule has 1 fully saturated rings. The lowest BCUT2D eigenvalue weighted by Crippen LogP contribution is -2.57. The van der Waals surface area contributed by atoms with Gasteiger partial charge in [-0.05, 0) is 57.8 Å². The van der Waals surface area contributed by atoms with Gasteiger partial charge in [0.2, 0.25) is 0 Å². The van der Waals surface area contributed by atoms with Gasteiger partial charge in [0.15, 0.2) is 5.96 Å². The van der Waals surface area contributed by atoms with Crippen molar-refractivity contribution in [3.8, 4) is 0 Å². The molecule has 2 rings (SSSR count). The Morgan fingerprint density at radius 1 is 1.35 bits per heavy atom. The average Bonchev–Trinajstić information content (AvgIpc) is 2.96. The number of hydrogen-bond donors (Lipinski definition) is 2. The minimum Gasteiger partial charge on any atom is -0.381 e. The van der Waals surface area contributed by atoms with Crippen molar-refractivity contribution in [2.45, 2.75) is 38.8 Å². The van der Waals surface area contributed by atoms with Gasteiger partial charge in [0, 0.05) is 36.7 Å². The maximum atomic E-state index is 5.54. The minimum atomic E-state index is 0.146. The smallest absolute Gasteiger partial charge is 0.191 e. The van der Waals surface area contributed by atoms with Gasteiger partial charge in [-0.1, -0.05) is 0 Å². The van der Waals surface area contributed by atoms with Crippen LogP contribution in [0.1, 0.15) is 30.2 Å². The van der Waals surface area contributed by atoms with Gasteiger partial charge in [0.1, 0.15) is 0 Å². The third-order valence-corrected chi connectivity index (χ3v) is 5.66. The van der Waals surface area contributed by atoms with Crippen molar-refractivity contribution in [2.24, 2.45) is 4.99 Å². The van der Waals surface area contributed by atoms with Gasteiger partial charge in [0.25, 0.3) is 0 Å². The first kappa shape index (κ1) is 18.2. The molecule has 0 bridgehead atoms. The average molecular weight is 339 g/mol. The number of rotatable bonds is 6. The van der Waals surface area contributed by atoms with E-state index in [9.17, 15) is 0 Å². The fraction of sp³-hybridized carbons (Fsp3) is 0.706. The summed E-state index contributed by atoms with van der Waals surface area (Å²) in [7, 11) is 4.32. The molecular weight excluding hydrogens is 308 g/mol. The van der Waals surface area contributed by atoms with Crippen LogP contribution in [0.4, 0.5) is 0 Å². The van der Waals surface area contributed by atoms with E-state index >= 15 is 0 Å². The third-order valence-electron chi connectivity index (χ3n) is 4.65. The molecule has 2 heterocycles. The van der Waals surface area contributed by atoms with Crippen LogP contribution >= 0.6 is 11.3 Å². The summed E-state index contributed by atoms with van der Waals surface area (Å²) >= 11 is 1.77. The topological polar surface area (TPSA) is 48.9 Å². The minimum absolute atomic E-state index is 0.146. The van der Waals surface area contributed by atoms with E-state index in [-0.39, 0.29) is 5.54 Å². The second-order valence-corrected chi connectivity index (χ2v) is 7.31. The first-order valence-corrected chi connectivity index (χ1v) is 9.26. The summed E-state index contributed by atoms with van der Waals surface area (Å²) in [6, 6.07) is 2.15. The zero-order valence-corrected chi connectivity index (χ0v) is 15.6. The molecule has 0 unspecified atom stereocenters. The van der Waals surface area contributed by atoms with E-state index in [0.717, 1.165) is 51.6 Å². The van der Waals surface area contributed by atoms with Crippen molar-refractivity contribution in [3.05, 3.63) is 21.9 Å². The lowest BCUT2D eigenvalue weighted by molar-refractivity contribution is -0.00501. The van der Waals surface area contributed by atoms with Gasteiger partial charge < -0.3 is 20.3 Å². The molecule has 23 heavy (non-hydrogen) atoms. The third kappa shape index (κ3) is 4.93.